The van der Waals surface area contributed by atoms with Crippen LogP contribution in [-0.4, -0.2) is 44.7 Å². The number of nitrogens with zero attached hydrogens (tertiary/aromatic N) is 2. The number of aryl methyl sites for hydroxylation is 2. The van der Waals surface area contributed by atoms with Crippen molar-refractivity contribution in [3.63, 3.8) is 0 Å². The van der Waals surface area contributed by atoms with Crippen LogP contribution >= 0.6 is 0 Å². The molecule has 1 amide bonds. The van der Waals surface area contributed by atoms with Crippen LogP contribution in [0.25, 0.3) is 0 Å². The van der Waals surface area contributed by atoms with Crippen LogP contribution in [0, 0.1) is 13.8 Å². The third-order valence-electron chi connectivity index (χ3n) is 2.86. The van der Waals surface area contributed by atoms with E-state index in [0.717, 1.165) is 17.0 Å². The number of nitrogens with one attached hydrogen (secondary N) is 1. The maximum absolute atomic E-state index is 12.1. The Hall–Kier alpha value is -1.85. The molecule has 0 fully saturated rings. The zero-order valence-corrected chi connectivity index (χ0v) is 11.1. The normalized spacial score (nSPS) is 10.7. The SMILES string of the molecule is Cc1n[nH]c(C)c1CC(=O)N(CC(=O)O)C(C)C. The van der Waals surface area contributed by atoms with Crippen LogP contribution in [0.4, 0.5) is 0 Å². The smallest absolute Gasteiger partial charge is 0.323 e. The molecule has 0 aliphatic heterocycles. The Balaban J connectivity index is 2.82. The first-order chi connectivity index (χ1) is 8.32. The molecule has 0 saturated heterocycles. The van der Waals surface area contributed by atoms with Crippen molar-refractivity contribution < 1.29 is 14.7 Å². The molecule has 6 nitrogen and oxygen atoms in total. The number of aliphatic carboxylic acids is 1. The van der Waals surface area contributed by atoms with Gasteiger partial charge in [0.1, 0.15) is 6.54 Å². The molecule has 1 aromatic heterocycles. The molecule has 0 atom stereocenters. The number of carbonyl (C=O) groups excluding carboxylic acids is 1. The summed E-state index contributed by atoms with van der Waals surface area (Å²) in [5.41, 5.74) is 2.47. The van der Waals surface area contributed by atoms with Crippen LogP contribution in [0.5, 0.6) is 0 Å². The van der Waals surface area contributed by atoms with E-state index in [1.165, 1.54) is 4.90 Å². The second kappa shape index (κ2) is 5.66. The summed E-state index contributed by atoms with van der Waals surface area (Å²) in [5.74, 6) is -1.20. The van der Waals surface area contributed by atoms with Gasteiger partial charge in [0.15, 0.2) is 0 Å². The number of aromatic nitrogens is 2. The lowest BCUT2D eigenvalue weighted by atomic mass is 10.1. The molecule has 0 bridgehead atoms. The molecule has 6 heteroatoms. The highest BCUT2D eigenvalue weighted by molar-refractivity contribution is 5.83. The molecule has 100 valence electrons. The first kappa shape index (κ1) is 14.2. The lowest BCUT2D eigenvalue weighted by molar-refractivity contribution is -0.145. The molecule has 2 N–H and O–H groups in total. The van der Waals surface area contributed by atoms with Crippen molar-refractivity contribution in [3.05, 3.63) is 17.0 Å². The number of carboxylic acids is 1. The van der Waals surface area contributed by atoms with E-state index >= 15 is 0 Å². The summed E-state index contributed by atoms with van der Waals surface area (Å²) < 4.78 is 0. The average Bonchev–Trinajstić information content (AvgIpc) is 2.56. The molecule has 1 aromatic rings. The fraction of sp³-hybridized carbons (Fsp3) is 0.583. The number of H-pyrrole nitrogens is 1. The van der Waals surface area contributed by atoms with Crippen molar-refractivity contribution in [2.45, 2.75) is 40.2 Å². The highest BCUT2D eigenvalue weighted by Crippen LogP contribution is 2.12. The lowest BCUT2D eigenvalue weighted by Gasteiger charge is -2.25. The molecule has 0 aliphatic rings. The molecule has 1 rings (SSSR count). The number of hydrogen-bond acceptors (Lipinski definition) is 3. The molecule has 0 spiro atoms. The van der Waals surface area contributed by atoms with Gasteiger partial charge >= 0.3 is 5.97 Å². The van der Waals surface area contributed by atoms with Gasteiger partial charge in [0.25, 0.3) is 0 Å². The molecule has 0 unspecified atom stereocenters. The number of aromatic amines is 1. The molecule has 0 aromatic carbocycles. The van der Waals surface area contributed by atoms with Crippen LogP contribution in [0.3, 0.4) is 0 Å². The molecule has 1 heterocycles. The van der Waals surface area contributed by atoms with Gasteiger partial charge in [-0.3, -0.25) is 14.7 Å². The number of hydrogen-bond donors (Lipinski definition) is 2. The standard InChI is InChI=1S/C12H19N3O3/c1-7(2)15(6-12(17)18)11(16)5-10-8(3)13-14-9(10)4/h7H,5-6H2,1-4H3,(H,13,14)(H,17,18). The fourth-order valence-corrected chi connectivity index (χ4v) is 1.79. The van der Waals surface area contributed by atoms with Gasteiger partial charge in [-0.05, 0) is 27.7 Å². The van der Waals surface area contributed by atoms with Crippen molar-refractivity contribution >= 4 is 11.9 Å². The van der Waals surface area contributed by atoms with Gasteiger partial charge in [0.2, 0.25) is 5.91 Å². The largest absolute Gasteiger partial charge is 0.480 e. The van der Waals surface area contributed by atoms with Crippen molar-refractivity contribution in [2.24, 2.45) is 0 Å². The Labute approximate surface area is 106 Å². The van der Waals surface area contributed by atoms with E-state index in [4.69, 9.17) is 5.11 Å². The minimum absolute atomic E-state index is 0.138. The Morgan fingerprint density at radius 3 is 2.39 bits per heavy atom. The van der Waals surface area contributed by atoms with Crippen molar-refractivity contribution in [1.29, 1.82) is 0 Å². The van der Waals surface area contributed by atoms with Gasteiger partial charge in [-0.25, -0.2) is 0 Å². The molecule has 0 saturated carbocycles. The van der Waals surface area contributed by atoms with E-state index in [-0.39, 0.29) is 24.9 Å². The Bertz CT molecular complexity index is 432. The van der Waals surface area contributed by atoms with Crippen molar-refractivity contribution in [1.82, 2.24) is 15.1 Å². The summed E-state index contributed by atoms with van der Waals surface area (Å²) in [6.07, 6.45) is 0.180. The Kier molecular flexibility index (Phi) is 4.47. The molecule has 0 radical (unpaired) electrons. The second-order valence-electron chi connectivity index (χ2n) is 4.60. The predicted molar refractivity (Wildman–Crippen MR) is 66.3 cm³/mol. The fourth-order valence-electron chi connectivity index (χ4n) is 1.79. The van der Waals surface area contributed by atoms with Crippen LogP contribution in [-0.2, 0) is 16.0 Å². The van der Waals surface area contributed by atoms with E-state index in [2.05, 4.69) is 10.2 Å². The van der Waals surface area contributed by atoms with Gasteiger partial charge in [-0.1, -0.05) is 0 Å². The maximum atomic E-state index is 12.1. The first-order valence-corrected chi connectivity index (χ1v) is 5.84. The molecule has 0 aliphatic carbocycles. The highest BCUT2D eigenvalue weighted by Gasteiger charge is 2.21. The summed E-state index contributed by atoms with van der Waals surface area (Å²) in [6.45, 7) is 7.00. The summed E-state index contributed by atoms with van der Waals surface area (Å²) in [5, 5.41) is 15.6. The zero-order chi connectivity index (χ0) is 13.9. The van der Waals surface area contributed by atoms with Gasteiger partial charge < -0.3 is 10.0 Å². The number of carbonyl (C=O) groups is 2. The third-order valence-corrected chi connectivity index (χ3v) is 2.86. The van der Waals surface area contributed by atoms with Gasteiger partial charge in [0, 0.05) is 17.3 Å². The van der Waals surface area contributed by atoms with E-state index in [0.29, 0.717) is 0 Å². The van der Waals surface area contributed by atoms with E-state index in [1.54, 1.807) is 13.8 Å². The van der Waals surface area contributed by atoms with E-state index in [9.17, 15) is 9.59 Å². The number of carboxylic acid groups (broad SMARTS) is 1. The average molecular weight is 253 g/mol. The summed E-state index contributed by atoms with van der Waals surface area (Å²) >= 11 is 0. The monoisotopic (exact) mass is 253 g/mol. The quantitative estimate of drug-likeness (QED) is 0.816. The minimum atomic E-state index is -1.00. The summed E-state index contributed by atoms with van der Waals surface area (Å²) in [4.78, 5) is 24.2. The van der Waals surface area contributed by atoms with Crippen LogP contribution in [0.2, 0.25) is 0 Å². The van der Waals surface area contributed by atoms with Gasteiger partial charge in [-0.15, -0.1) is 0 Å². The van der Waals surface area contributed by atoms with Gasteiger partial charge in [-0.2, -0.15) is 5.10 Å². The lowest BCUT2D eigenvalue weighted by Crippen LogP contribution is -2.41. The van der Waals surface area contributed by atoms with Crippen LogP contribution in [0.1, 0.15) is 30.8 Å². The van der Waals surface area contributed by atoms with Crippen molar-refractivity contribution in [2.75, 3.05) is 6.54 Å². The van der Waals surface area contributed by atoms with E-state index in [1.807, 2.05) is 13.8 Å². The molecular weight excluding hydrogens is 234 g/mol. The third kappa shape index (κ3) is 3.32. The van der Waals surface area contributed by atoms with Crippen LogP contribution in [0.15, 0.2) is 0 Å². The maximum Gasteiger partial charge on any atom is 0.323 e. The summed E-state index contributed by atoms with van der Waals surface area (Å²) in [6, 6.07) is -0.138. The molecular formula is C12H19N3O3. The van der Waals surface area contributed by atoms with Crippen LogP contribution < -0.4 is 0 Å². The minimum Gasteiger partial charge on any atom is -0.480 e. The predicted octanol–water partition coefficient (Wildman–Crippen LogP) is 0.891. The Morgan fingerprint density at radius 2 is 2.00 bits per heavy atom. The topological polar surface area (TPSA) is 86.3 Å². The molecule has 18 heavy (non-hydrogen) atoms. The number of amides is 1. The van der Waals surface area contributed by atoms with Crippen molar-refractivity contribution in [3.8, 4) is 0 Å². The Morgan fingerprint density at radius 1 is 1.39 bits per heavy atom. The summed E-state index contributed by atoms with van der Waals surface area (Å²) in [7, 11) is 0. The highest BCUT2D eigenvalue weighted by atomic mass is 16.4. The second-order valence-corrected chi connectivity index (χ2v) is 4.60. The zero-order valence-electron chi connectivity index (χ0n) is 11.1. The van der Waals surface area contributed by atoms with E-state index < -0.39 is 5.97 Å². The first-order valence-electron chi connectivity index (χ1n) is 5.84. The van der Waals surface area contributed by atoms with Gasteiger partial charge in [0.05, 0.1) is 12.1 Å². The number of rotatable bonds is 5.